The van der Waals surface area contributed by atoms with Crippen molar-refractivity contribution in [3.63, 3.8) is 0 Å². The highest BCUT2D eigenvalue weighted by molar-refractivity contribution is 5.95. The van der Waals surface area contributed by atoms with Crippen LogP contribution in [0.2, 0.25) is 0 Å². The van der Waals surface area contributed by atoms with Crippen molar-refractivity contribution >= 4 is 23.6 Å². The SMILES string of the molecule is CC(C)CCC/C=C/C=C/C(=O)N[C@H](C(=O)N[C@H]1C[C@@H](O)CCNC(=O)/C=C\[C@H](C)NC1=O)[C@@H](C)O. The fraction of sp³-hybridized carbons (Fsp3) is 0.615. The normalized spacial score (nSPS) is 24.4. The first kappa shape index (κ1) is 31.1. The molecule has 0 aromatic rings. The van der Waals surface area contributed by atoms with E-state index in [9.17, 15) is 29.4 Å². The van der Waals surface area contributed by atoms with Crippen molar-refractivity contribution in [2.24, 2.45) is 5.92 Å². The lowest BCUT2D eigenvalue weighted by Crippen LogP contribution is -2.58. The van der Waals surface area contributed by atoms with Gasteiger partial charge in [-0.1, -0.05) is 44.6 Å². The van der Waals surface area contributed by atoms with Gasteiger partial charge in [-0.15, -0.1) is 0 Å². The average Bonchev–Trinajstić information content (AvgIpc) is 2.79. The second-order valence-electron chi connectivity index (χ2n) is 9.53. The summed E-state index contributed by atoms with van der Waals surface area (Å²) < 4.78 is 0. The minimum atomic E-state index is -1.31. The van der Waals surface area contributed by atoms with Gasteiger partial charge in [0, 0.05) is 31.2 Å². The van der Waals surface area contributed by atoms with Gasteiger partial charge in [-0.25, -0.2) is 0 Å². The summed E-state index contributed by atoms with van der Waals surface area (Å²) in [5, 5.41) is 30.7. The number of hydrogen-bond donors (Lipinski definition) is 6. The molecule has 0 aromatic carbocycles. The molecule has 0 saturated heterocycles. The number of amides is 4. The molecular weight excluding hydrogens is 464 g/mol. The van der Waals surface area contributed by atoms with Crippen LogP contribution in [0.25, 0.3) is 0 Å². The number of allylic oxidation sites excluding steroid dienone is 3. The summed E-state index contributed by atoms with van der Waals surface area (Å²) in [6.07, 6.45) is 10.3. The molecule has 0 fully saturated rings. The van der Waals surface area contributed by atoms with Crippen LogP contribution in [-0.2, 0) is 19.2 Å². The minimum absolute atomic E-state index is 0.105. The summed E-state index contributed by atoms with van der Waals surface area (Å²) in [4.78, 5) is 49.6. The number of rotatable bonds is 10. The summed E-state index contributed by atoms with van der Waals surface area (Å²) in [5.74, 6) is -1.57. The van der Waals surface area contributed by atoms with Crippen LogP contribution in [-0.4, -0.2) is 70.7 Å². The van der Waals surface area contributed by atoms with Gasteiger partial charge < -0.3 is 31.5 Å². The maximum Gasteiger partial charge on any atom is 0.245 e. The van der Waals surface area contributed by atoms with Crippen molar-refractivity contribution in [3.05, 3.63) is 36.5 Å². The van der Waals surface area contributed by atoms with E-state index in [2.05, 4.69) is 35.1 Å². The Balaban J connectivity index is 2.79. The van der Waals surface area contributed by atoms with Crippen LogP contribution in [0.1, 0.15) is 59.8 Å². The van der Waals surface area contributed by atoms with E-state index in [1.807, 2.05) is 6.08 Å². The molecule has 1 rings (SSSR count). The zero-order chi connectivity index (χ0) is 27.1. The van der Waals surface area contributed by atoms with Gasteiger partial charge in [0.15, 0.2) is 0 Å². The molecule has 6 N–H and O–H groups in total. The lowest BCUT2D eigenvalue weighted by molar-refractivity contribution is -0.134. The third-order valence-corrected chi connectivity index (χ3v) is 5.53. The van der Waals surface area contributed by atoms with Gasteiger partial charge in [0.05, 0.1) is 12.2 Å². The molecule has 10 nitrogen and oxygen atoms in total. The fourth-order valence-electron chi connectivity index (χ4n) is 3.48. The molecule has 36 heavy (non-hydrogen) atoms. The Kier molecular flexibility index (Phi) is 14.4. The highest BCUT2D eigenvalue weighted by Gasteiger charge is 2.31. The first-order valence-corrected chi connectivity index (χ1v) is 12.6. The summed E-state index contributed by atoms with van der Waals surface area (Å²) in [6, 6.07) is -2.92. The van der Waals surface area contributed by atoms with Crippen molar-refractivity contribution in [2.45, 2.75) is 90.1 Å². The maximum absolute atomic E-state index is 12.9. The standard InChI is InChI=1S/C26H42N4O6/c1-17(2)10-8-6-5-7-9-11-23(34)30-24(19(4)31)26(36)29-21-16-20(32)14-15-27-22(33)13-12-18(3)28-25(21)35/h5,7,9,11-13,17-21,24,31-32H,6,8,10,14-16H2,1-4H3,(H,27,33)(H,28,35)(H,29,36)(H,30,34)/b7-5+,11-9+,13-12-/t18-,19+,20-,21-,24-/m0/s1. The van der Waals surface area contributed by atoms with Crippen LogP contribution in [0.5, 0.6) is 0 Å². The molecule has 0 bridgehead atoms. The van der Waals surface area contributed by atoms with E-state index in [4.69, 9.17) is 0 Å². The zero-order valence-electron chi connectivity index (χ0n) is 21.7. The first-order chi connectivity index (χ1) is 17.0. The second kappa shape index (κ2) is 16.6. The molecule has 0 saturated carbocycles. The number of unbranched alkanes of at least 4 members (excludes halogenated alkanes) is 1. The Morgan fingerprint density at radius 2 is 1.94 bits per heavy atom. The molecule has 0 aromatic heterocycles. The highest BCUT2D eigenvalue weighted by atomic mass is 16.3. The molecular formula is C26H42N4O6. The Morgan fingerprint density at radius 1 is 1.22 bits per heavy atom. The lowest BCUT2D eigenvalue weighted by Gasteiger charge is -2.26. The summed E-state index contributed by atoms with van der Waals surface area (Å²) in [7, 11) is 0. The van der Waals surface area contributed by atoms with Gasteiger partial charge in [0.1, 0.15) is 12.1 Å². The largest absolute Gasteiger partial charge is 0.393 e. The van der Waals surface area contributed by atoms with Gasteiger partial charge in [-0.3, -0.25) is 19.2 Å². The molecule has 5 atom stereocenters. The Morgan fingerprint density at radius 3 is 2.61 bits per heavy atom. The van der Waals surface area contributed by atoms with E-state index in [1.54, 1.807) is 19.1 Å². The third kappa shape index (κ3) is 13.2. The van der Waals surface area contributed by atoms with Crippen molar-refractivity contribution in [3.8, 4) is 0 Å². The van der Waals surface area contributed by atoms with Crippen molar-refractivity contribution in [2.75, 3.05) is 6.54 Å². The molecule has 10 heteroatoms. The van der Waals surface area contributed by atoms with Crippen LogP contribution in [0.3, 0.4) is 0 Å². The van der Waals surface area contributed by atoms with E-state index in [0.717, 1.165) is 19.3 Å². The number of aliphatic hydroxyl groups excluding tert-OH is 2. The van der Waals surface area contributed by atoms with E-state index in [-0.39, 0.29) is 25.3 Å². The average molecular weight is 507 g/mol. The van der Waals surface area contributed by atoms with E-state index in [1.165, 1.54) is 25.2 Å². The predicted molar refractivity (Wildman–Crippen MR) is 138 cm³/mol. The molecule has 1 aliphatic rings. The van der Waals surface area contributed by atoms with Gasteiger partial charge in [-0.2, -0.15) is 0 Å². The number of carbonyl (C=O) groups excluding carboxylic acids is 4. The summed E-state index contributed by atoms with van der Waals surface area (Å²) in [6.45, 7) is 7.54. The summed E-state index contributed by atoms with van der Waals surface area (Å²) >= 11 is 0. The highest BCUT2D eigenvalue weighted by Crippen LogP contribution is 2.07. The maximum atomic E-state index is 12.9. The van der Waals surface area contributed by atoms with Crippen LogP contribution < -0.4 is 21.3 Å². The van der Waals surface area contributed by atoms with Crippen LogP contribution in [0.4, 0.5) is 0 Å². The third-order valence-electron chi connectivity index (χ3n) is 5.53. The Labute approximate surface area is 213 Å². The number of aliphatic hydroxyl groups is 2. The van der Waals surface area contributed by atoms with Gasteiger partial charge >= 0.3 is 0 Å². The van der Waals surface area contributed by atoms with Gasteiger partial charge in [0.25, 0.3) is 0 Å². The molecule has 0 aliphatic carbocycles. The quantitative estimate of drug-likeness (QED) is 0.145. The van der Waals surface area contributed by atoms with Crippen molar-refractivity contribution in [1.29, 1.82) is 0 Å². The summed E-state index contributed by atoms with van der Waals surface area (Å²) in [5.41, 5.74) is 0. The van der Waals surface area contributed by atoms with Crippen LogP contribution >= 0.6 is 0 Å². The Bertz CT molecular complexity index is 821. The van der Waals surface area contributed by atoms with E-state index in [0.29, 0.717) is 5.92 Å². The second-order valence-corrected chi connectivity index (χ2v) is 9.53. The van der Waals surface area contributed by atoms with Crippen molar-refractivity contribution in [1.82, 2.24) is 21.3 Å². The van der Waals surface area contributed by atoms with Crippen LogP contribution in [0.15, 0.2) is 36.5 Å². The molecule has 202 valence electrons. The zero-order valence-corrected chi connectivity index (χ0v) is 21.7. The number of hydrogen-bond acceptors (Lipinski definition) is 6. The molecule has 0 spiro atoms. The number of carbonyl (C=O) groups is 4. The van der Waals surface area contributed by atoms with E-state index >= 15 is 0 Å². The topological polar surface area (TPSA) is 157 Å². The molecule has 1 heterocycles. The van der Waals surface area contributed by atoms with E-state index < -0.39 is 48.1 Å². The van der Waals surface area contributed by atoms with Gasteiger partial charge in [0.2, 0.25) is 23.6 Å². The minimum Gasteiger partial charge on any atom is -0.393 e. The molecule has 0 radical (unpaired) electrons. The van der Waals surface area contributed by atoms with Crippen LogP contribution in [0, 0.1) is 5.92 Å². The first-order valence-electron chi connectivity index (χ1n) is 12.6. The fourth-order valence-corrected chi connectivity index (χ4v) is 3.48. The van der Waals surface area contributed by atoms with Crippen molar-refractivity contribution < 1.29 is 29.4 Å². The molecule has 4 amide bonds. The lowest BCUT2D eigenvalue weighted by atomic mass is 10.0. The number of nitrogens with one attached hydrogen (secondary N) is 4. The monoisotopic (exact) mass is 506 g/mol. The molecule has 1 aliphatic heterocycles. The smallest absolute Gasteiger partial charge is 0.245 e. The Hall–Kier alpha value is -2.98. The molecule has 0 unspecified atom stereocenters. The van der Waals surface area contributed by atoms with Gasteiger partial charge in [-0.05, 0) is 39.0 Å². The predicted octanol–water partition coefficient (Wildman–Crippen LogP) is 0.607.